The minimum absolute atomic E-state index is 0.668. The molecule has 0 aromatic rings. The van der Waals surface area contributed by atoms with E-state index in [0.717, 1.165) is 19.0 Å². The van der Waals surface area contributed by atoms with Crippen LogP contribution in [0, 0.1) is 0 Å². The van der Waals surface area contributed by atoms with Crippen molar-refractivity contribution in [2.24, 2.45) is 0 Å². The van der Waals surface area contributed by atoms with Crippen LogP contribution < -0.4 is 0 Å². The van der Waals surface area contributed by atoms with Gasteiger partial charge in [0.05, 0.1) is 13.2 Å². The molecule has 0 bridgehead atoms. The normalized spacial score (nSPS) is 11.9. The summed E-state index contributed by atoms with van der Waals surface area (Å²) < 4.78 is 11.0. The van der Waals surface area contributed by atoms with Gasteiger partial charge in [-0.2, -0.15) is 0 Å². The molecule has 0 aliphatic rings. The summed E-state index contributed by atoms with van der Waals surface area (Å²) >= 11 is 5.33. The summed E-state index contributed by atoms with van der Waals surface area (Å²) in [7, 11) is 0. The Bertz CT molecular complexity index is 140. The molecule has 0 heterocycles. The first-order valence-electron chi connectivity index (χ1n) is 4.56. The third kappa shape index (κ3) is 5.26. The summed E-state index contributed by atoms with van der Waals surface area (Å²) in [6.07, 6.45) is 3.18. The van der Waals surface area contributed by atoms with Crippen LogP contribution in [0.25, 0.3) is 0 Å². The molecule has 0 spiro atoms. The van der Waals surface area contributed by atoms with E-state index in [1.807, 2.05) is 13.8 Å². The van der Waals surface area contributed by atoms with Crippen molar-refractivity contribution >= 4 is 18.3 Å². The molecule has 0 unspecified atom stereocenters. The van der Waals surface area contributed by atoms with Gasteiger partial charge in [0.2, 0.25) is 0 Å². The summed E-state index contributed by atoms with van der Waals surface area (Å²) in [6.45, 7) is 5.51. The third-order valence-electron chi connectivity index (χ3n) is 1.44. The van der Waals surface area contributed by atoms with Crippen LogP contribution in [0.3, 0.4) is 0 Å². The molecule has 74 valence electrons. The number of rotatable bonds is 7. The van der Waals surface area contributed by atoms with Crippen molar-refractivity contribution in [3.05, 3.63) is 0 Å². The molecule has 0 N–H and O–H groups in total. The molecule has 12 heavy (non-hydrogen) atoms. The number of unbranched alkanes of at least 4 members (excludes halogenated alkanes) is 1. The summed E-state index contributed by atoms with van der Waals surface area (Å²) in [6, 6.07) is 0. The maximum absolute atomic E-state index is 5.48. The van der Waals surface area contributed by atoms with Crippen LogP contribution in [-0.4, -0.2) is 19.4 Å². The lowest BCUT2D eigenvalue weighted by Crippen LogP contribution is -1.99. The van der Waals surface area contributed by atoms with Crippen molar-refractivity contribution in [3.8, 4) is 0 Å². The fourth-order valence-corrected chi connectivity index (χ4v) is 3.75. The van der Waals surface area contributed by atoms with Gasteiger partial charge in [-0.1, -0.05) is 13.3 Å². The van der Waals surface area contributed by atoms with Gasteiger partial charge < -0.3 is 9.05 Å². The van der Waals surface area contributed by atoms with Crippen LogP contribution in [0.1, 0.15) is 33.6 Å². The second-order valence-corrected chi connectivity index (χ2v) is 6.38. The lowest BCUT2D eigenvalue weighted by atomic mass is 10.4. The van der Waals surface area contributed by atoms with E-state index in [9.17, 15) is 0 Å². The highest BCUT2D eigenvalue weighted by molar-refractivity contribution is 8.09. The zero-order valence-corrected chi connectivity index (χ0v) is 9.92. The molecule has 0 atom stereocenters. The van der Waals surface area contributed by atoms with Crippen molar-refractivity contribution < 1.29 is 9.05 Å². The average molecular weight is 210 g/mol. The van der Waals surface area contributed by atoms with E-state index in [0.29, 0.717) is 13.2 Å². The fourth-order valence-electron chi connectivity index (χ4n) is 0.912. The molecule has 0 aliphatic carbocycles. The molecule has 0 rings (SSSR count). The Morgan fingerprint density at radius 3 is 1.92 bits per heavy atom. The minimum Gasteiger partial charge on any atom is -0.330 e. The van der Waals surface area contributed by atoms with Crippen molar-refractivity contribution in [1.29, 1.82) is 0 Å². The molecule has 4 heteroatoms. The maximum Gasteiger partial charge on any atom is 0.188 e. The molecule has 0 amide bonds. The van der Waals surface area contributed by atoms with E-state index in [1.54, 1.807) is 0 Å². The quantitative estimate of drug-likeness (QED) is 0.601. The number of hydrogen-bond donors (Lipinski definition) is 0. The van der Waals surface area contributed by atoms with Crippen molar-refractivity contribution in [2.45, 2.75) is 33.6 Å². The van der Waals surface area contributed by atoms with Crippen LogP contribution in [0.4, 0.5) is 0 Å². The maximum atomic E-state index is 5.48. The molecule has 2 nitrogen and oxygen atoms in total. The Hall–Kier alpha value is 0.570. The second kappa shape index (κ2) is 7.02. The molecule has 0 saturated heterocycles. The highest BCUT2D eigenvalue weighted by Gasteiger charge is 2.15. The van der Waals surface area contributed by atoms with Crippen LogP contribution in [0.2, 0.25) is 0 Å². The van der Waals surface area contributed by atoms with E-state index < -0.39 is 6.49 Å². The third-order valence-corrected chi connectivity index (χ3v) is 4.78. The predicted molar refractivity (Wildman–Crippen MR) is 57.3 cm³/mol. The monoisotopic (exact) mass is 210 g/mol. The first-order chi connectivity index (χ1) is 5.68. The van der Waals surface area contributed by atoms with E-state index in [4.69, 9.17) is 20.9 Å². The highest BCUT2D eigenvalue weighted by atomic mass is 32.5. The zero-order valence-electron chi connectivity index (χ0n) is 8.21. The lowest BCUT2D eigenvalue weighted by molar-refractivity contribution is 0.266. The van der Waals surface area contributed by atoms with Crippen LogP contribution in [-0.2, 0) is 20.9 Å². The molecule has 0 aromatic carbocycles. The van der Waals surface area contributed by atoms with Crippen molar-refractivity contribution in [2.75, 3.05) is 19.4 Å². The summed E-state index contributed by atoms with van der Waals surface area (Å²) in [5.74, 6) is 0. The molecular weight excluding hydrogens is 191 g/mol. The Labute approximate surface area is 80.8 Å². The van der Waals surface area contributed by atoms with Gasteiger partial charge in [0.25, 0.3) is 0 Å². The van der Waals surface area contributed by atoms with Crippen LogP contribution >= 0.6 is 6.49 Å². The summed E-state index contributed by atoms with van der Waals surface area (Å²) in [4.78, 5) is 0. The van der Waals surface area contributed by atoms with Crippen molar-refractivity contribution in [3.63, 3.8) is 0 Å². The van der Waals surface area contributed by atoms with Crippen molar-refractivity contribution in [1.82, 2.24) is 0 Å². The Morgan fingerprint density at radius 2 is 1.58 bits per heavy atom. The SMILES string of the molecule is CCCCP(=S)(OCC)OCC. The van der Waals surface area contributed by atoms with E-state index in [-0.39, 0.29) is 0 Å². The molecule has 0 aromatic heterocycles. The van der Waals surface area contributed by atoms with Gasteiger partial charge in [-0.05, 0) is 32.1 Å². The topological polar surface area (TPSA) is 18.5 Å². The Kier molecular flexibility index (Phi) is 7.35. The zero-order chi connectivity index (χ0) is 9.45. The average Bonchev–Trinajstić information content (AvgIpc) is 2.02. The lowest BCUT2D eigenvalue weighted by Gasteiger charge is -2.20. The fraction of sp³-hybridized carbons (Fsp3) is 1.00. The first-order valence-corrected chi connectivity index (χ1v) is 7.39. The second-order valence-electron chi connectivity index (χ2n) is 2.52. The van der Waals surface area contributed by atoms with E-state index >= 15 is 0 Å². The van der Waals surface area contributed by atoms with Gasteiger partial charge in [-0.3, -0.25) is 0 Å². The summed E-state index contributed by atoms with van der Waals surface area (Å²) in [5, 5.41) is 0. The molecule has 0 radical (unpaired) electrons. The van der Waals surface area contributed by atoms with Gasteiger partial charge in [0.1, 0.15) is 0 Å². The first kappa shape index (κ1) is 12.6. The Morgan fingerprint density at radius 1 is 1.08 bits per heavy atom. The van der Waals surface area contributed by atoms with Gasteiger partial charge in [-0.15, -0.1) is 0 Å². The van der Waals surface area contributed by atoms with Gasteiger partial charge in [0.15, 0.2) is 6.49 Å². The number of hydrogen-bond acceptors (Lipinski definition) is 3. The predicted octanol–water partition coefficient (Wildman–Crippen LogP) is 3.17. The van der Waals surface area contributed by atoms with Gasteiger partial charge in [-0.25, -0.2) is 0 Å². The Balaban J connectivity index is 3.90. The standard InChI is InChI=1S/C8H19O2PS/c1-4-7-8-11(12,9-5-2)10-6-3/h4-8H2,1-3H3. The van der Waals surface area contributed by atoms with E-state index in [2.05, 4.69) is 6.92 Å². The van der Waals surface area contributed by atoms with Gasteiger partial charge >= 0.3 is 0 Å². The minimum atomic E-state index is -1.90. The molecule has 0 fully saturated rings. The van der Waals surface area contributed by atoms with Gasteiger partial charge in [0, 0.05) is 6.16 Å². The smallest absolute Gasteiger partial charge is 0.188 e. The largest absolute Gasteiger partial charge is 0.330 e. The molecular formula is C8H19O2PS. The molecule has 0 aliphatic heterocycles. The molecule has 0 saturated carbocycles. The highest BCUT2D eigenvalue weighted by Crippen LogP contribution is 2.49. The summed E-state index contributed by atoms with van der Waals surface area (Å²) in [5.41, 5.74) is 0. The van der Waals surface area contributed by atoms with Crippen LogP contribution in [0.15, 0.2) is 0 Å². The van der Waals surface area contributed by atoms with E-state index in [1.165, 1.54) is 0 Å². The van der Waals surface area contributed by atoms with Crippen LogP contribution in [0.5, 0.6) is 0 Å².